The zero-order valence-electron chi connectivity index (χ0n) is 9.08. The second kappa shape index (κ2) is 7.24. The molecular weight excluding hydrogens is 375 g/mol. The van der Waals surface area contributed by atoms with E-state index in [1.165, 1.54) is 7.11 Å². The number of hydrogen-bond donors (Lipinski definition) is 0. The Morgan fingerprint density at radius 3 is 2.76 bits per heavy atom. The van der Waals surface area contributed by atoms with Crippen LogP contribution in [-0.2, 0) is 9.53 Å². The molecule has 1 aromatic rings. The molecule has 0 spiro atoms. The topological polar surface area (TPSA) is 35.5 Å². The number of carbonyl (C=O) groups excluding carboxylic acids is 1. The highest BCUT2D eigenvalue weighted by Crippen LogP contribution is 2.29. The number of methoxy groups -OCH3 is 1. The molecule has 0 aromatic heterocycles. The molecule has 1 unspecified atom stereocenters. The lowest BCUT2D eigenvalue weighted by Crippen LogP contribution is -2.29. The lowest BCUT2D eigenvalue weighted by Gasteiger charge is -2.16. The molecule has 3 nitrogen and oxygen atoms in total. The predicted octanol–water partition coefficient (Wildman–Crippen LogP) is 3.81. The third kappa shape index (κ3) is 4.48. The van der Waals surface area contributed by atoms with Crippen LogP contribution in [0.2, 0.25) is 5.02 Å². The maximum Gasteiger partial charge on any atom is 0.347 e. The second-order valence-electron chi connectivity index (χ2n) is 3.18. The molecule has 0 fully saturated rings. The normalized spacial score (nSPS) is 12.0. The van der Waals surface area contributed by atoms with Crippen LogP contribution >= 0.6 is 43.5 Å². The van der Waals surface area contributed by atoms with Crippen LogP contribution in [0, 0.1) is 0 Å². The van der Waals surface area contributed by atoms with Gasteiger partial charge in [0.2, 0.25) is 0 Å². The van der Waals surface area contributed by atoms with Gasteiger partial charge in [-0.05, 0) is 18.2 Å². The van der Waals surface area contributed by atoms with Gasteiger partial charge in [0.15, 0.2) is 6.10 Å². The zero-order chi connectivity index (χ0) is 12.8. The Hall–Kier alpha value is -0.260. The van der Waals surface area contributed by atoms with E-state index < -0.39 is 12.1 Å². The first kappa shape index (κ1) is 14.8. The molecule has 94 valence electrons. The molecule has 0 aliphatic heterocycles. The van der Waals surface area contributed by atoms with Gasteiger partial charge in [-0.2, -0.15) is 0 Å². The van der Waals surface area contributed by atoms with E-state index in [1.54, 1.807) is 18.2 Å². The van der Waals surface area contributed by atoms with Crippen LogP contribution < -0.4 is 4.74 Å². The van der Waals surface area contributed by atoms with Crippen molar-refractivity contribution in [2.75, 3.05) is 12.4 Å². The van der Waals surface area contributed by atoms with Crippen molar-refractivity contribution >= 4 is 49.4 Å². The first-order valence-corrected chi connectivity index (χ1v) is 7.13. The third-order valence-corrected chi connectivity index (χ3v) is 3.24. The lowest BCUT2D eigenvalue weighted by molar-refractivity contribution is -0.148. The van der Waals surface area contributed by atoms with Crippen LogP contribution in [0.15, 0.2) is 22.7 Å². The monoisotopic (exact) mass is 384 g/mol. The smallest absolute Gasteiger partial charge is 0.347 e. The van der Waals surface area contributed by atoms with Crippen LogP contribution in [-0.4, -0.2) is 24.5 Å². The number of hydrogen-bond acceptors (Lipinski definition) is 3. The van der Waals surface area contributed by atoms with Gasteiger partial charge >= 0.3 is 5.97 Å². The Kier molecular flexibility index (Phi) is 6.30. The molecule has 0 saturated carbocycles. The van der Waals surface area contributed by atoms with Crippen LogP contribution in [0.3, 0.4) is 0 Å². The van der Waals surface area contributed by atoms with Gasteiger partial charge in [0.25, 0.3) is 0 Å². The van der Waals surface area contributed by atoms with Gasteiger partial charge in [-0.1, -0.05) is 43.5 Å². The Morgan fingerprint density at radius 2 is 2.24 bits per heavy atom. The van der Waals surface area contributed by atoms with Gasteiger partial charge in [0.05, 0.1) is 12.1 Å². The molecule has 0 saturated heterocycles. The van der Waals surface area contributed by atoms with Crippen LogP contribution in [0.25, 0.3) is 0 Å². The fraction of sp³-hybridized carbons (Fsp3) is 0.364. The molecule has 0 aliphatic carbocycles. The van der Waals surface area contributed by atoms with E-state index in [0.717, 1.165) is 4.47 Å². The van der Waals surface area contributed by atoms with Crippen LogP contribution in [0.1, 0.15) is 6.42 Å². The fourth-order valence-corrected chi connectivity index (χ4v) is 2.31. The second-order valence-corrected chi connectivity index (χ2v) is 5.30. The van der Waals surface area contributed by atoms with Gasteiger partial charge in [0, 0.05) is 16.2 Å². The van der Waals surface area contributed by atoms with Crippen molar-refractivity contribution < 1.29 is 14.3 Å². The van der Waals surface area contributed by atoms with Gasteiger partial charge in [0.1, 0.15) is 5.75 Å². The maximum atomic E-state index is 11.5. The average Bonchev–Trinajstić information content (AvgIpc) is 2.30. The third-order valence-electron chi connectivity index (χ3n) is 2.00. The van der Waals surface area contributed by atoms with Gasteiger partial charge in [-0.15, -0.1) is 0 Å². The minimum atomic E-state index is -0.655. The number of esters is 1. The summed E-state index contributed by atoms with van der Waals surface area (Å²) in [6.45, 7) is 0. The molecule has 1 rings (SSSR count). The number of ether oxygens (including phenoxy) is 2. The SMILES string of the molecule is COC(=O)C(CCBr)Oc1ccc(Br)cc1Cl. The number of rotatable bonds is 5. The Morgan fingerprint density at radius 1 is 1.53 bits per heavy atom. The first-order chi connectivity index (χ1) is 8.08. The lowest BCUT2D eigenvalue weighted by atomic mass is 10.2. The summed E-state index contributed by atoms with van der Waals surface area (Å²) in [5.41, 5.74) is 0. The van der Waals surface area contributed by atoms with Crippen LogP contribution in [0.5, 0.6) is 5.75 Å². The highest BCUT2D eigenvalue weighted by molar-refractivity contribution is 9.10. The molecule has 0 N–H and O–H groups in total. The standard InChI is InChI=1S/C11H11Br2ClO3/c1-16-11(15)10(4-5-12)17-9-3-2-7(13)6-8(9)14/h2-3,6,10H,4-5H2,1H3. The summed E-state index contributed by atoms with van der Waals surface area (Å²) < 4.78 is 11.1. The van der Waals surface area contributed by atoms with E-state index in [9.17, 15) is 4.79 Å². The molecule has 6 heteroatoms. The molecule has 0 radical (unpaired) electrons. The number of carbonyl (C=O) groups is 1. The van der Waals surface area contributed by atoms with Crippen molar-refractivity contribution in [3.8, 4) is 5.75 Å². The summed E-state index contributed by atoms with van der Waals surface area (Å²) in [7, 11) is 1.33. The highest BCUT2D eigenvalue weighted by atomic mass is 79.9. The van der Waals surface area contributed by atoms with Crippen molar-refractivity contribution in [1.29, 1.82) is 0 Å². The summed E-state index contributed by atoms with van der Waals surface area (Å²) >= 11 is 12.6. The molecule has 17 heavy (non-hydrogen) atoms. The minimum Gasteiger partial charge on any atom is -0.477 e. The summed E-state index contributed by atoms with van der Waals surface area (Å²) in [6.07, 6.45) is -0.142. The summed E-state index contributed by atoms with van der Waals surface area (Å²) in [5.74, 6) is 0.0506. The Bertz CT molecular complexity index is 398. The maximum absolute atomic E-state index is 11.5. The van der Waals surface area contributed by atoms with Gasteiger partial charge in [-0.3, -0.25) is 0 Å². The Labute approximate surface area is 122 Å². The Balaban J connectivity index is 2.82. The van der Waals surface area contributed by atoms with E-state index in [1.807, 2.05) is 0 Å². The van der Waals surface area contributed by atoms with Crippen molar-refractivity contribution in [3.63, 3.8) is 0 Å². The zero-order valence-corrected chi connectivity index (χ0v) is 13.0. The van der Waals surface area contributed by atoms with Crippen molar-refractivity contribution in [1.82, 2.24) is 0 Å². The molecule has 0 bridgehead atoms. The molecule has 0 amide bonds. The van der Waals surface area contributed by atoms with Crippen LogP contribution in [0.4, 0.5) is 0 Å². The predicted molar refractivity (Wildman–Crippen MR) is 74.0 cm³/mol. The van der Waals surface area contributed by atoms with Gasteiger partial charge in [-0.25, -0.2) is 4.79 Å². The largest absolute Gasteiger partial charge is 0.477 e. The fourth-order valence-electron chi connectivity index (χ4n) is 1.18. The first-order valence-electron chi connectivity index (χ1n) is 4.84. The summed E-state index contributed by atoms with van der Waals surface area (Å²) in [6, 6.07) is 5.21. The van der Waals surface area contributed by atoms with E-state index in [0.29, 0.717) is 22.5 Å². The van der Waals surface area contributed by atoms with E-state index >= 15 is 0 Å². The van der Waals surface area contributed by atoms with Gasteiger partial charge < -0.3 is 9.47 Å². The number of halogens is 3. The van der Waals surface area contributed by atoms with E-state index in [4.69, 9.17) is 16.3 Å². The van der Waals surface area contributed by atoms with E-state index in [2.05, 4.69) is 36.6 Å². The average molecular weight is 386 g/mol. The number of benzene rings is 1. The summed E-state index contributed by atoms with van der Waals surface area (Å²) in [4.78, 5) is 11.5. The molecule has 1 atom stereocenters. The quantitative estimate of drug-likeness (QED) is 0.570. The van der Waals surface area contributed by atoms with Crippen molar-refractivity contribution in [2.45, 2.75) is 12.5 Å². The molecular formula is C11H11Br2ClO3. The minimum absolute atomic E-state index is 0.413. The van der Waals surface area contributed by atoms with Crippen molar-refractivity contribution in [3.05, 3.63) is 27.7 Å². The molecule has 0 aliphatic rings. The highest BCUT2D eigenvalue weighted by Gasteiger charge is 2.21. The molecule has 0 heterocycles. The number of alkyl halides is 1. The summed E-state index contributed by atoms with van der Waals surface area (Å²) in [5, 5.41) is 1.09. The van der Waals surface area contributed by atoms with Crippen molar-refractivity contribution in [2.24, 2.45) is 0 Å². The van der Waals surface area contributed by atoms with E-state index in [-0.39, 0.29) is 0 Å². The molecule has 1 aromatic carbocycles.